The zero-order chi connectivity index (χ0) is 27.0. The summed E-state index contributed by atoms with van der Waals surface area (Å²) in [6, 6.07) is 15.3. The molecule has 2 amide bonds. The number of hydrogen-bond donors (Lipinski definition) is 1. The first kappa shape index (κ1) is 27.3. The van der Waals surface area contributed by atoms with Crippen molar-refractivity contribution in [3.05, 3.63) is 59.0 Å². The molecule has 1 heterocycles. The first-order chi connectivity index (χ1) is 19.1. The first-order valence-corrected chi connectivity index (χ1v) is 14.9. The number of methoxy groups -OCH3 is 1. The van der Waals surface area contributed by atoms with Crippen LogP contribution in [0.4, 0.5) is 5.69 Å². The second kappa shape index (κ2) is 13.2. The zero-order valence-corrected chi connectivity index (χ0v) is 23.4. The number of amidine groups is 1. The van der Waals surface area contributed by atoms with Gasteiger partial charge in [0.2, 0.25) is 0 Å². The molecule has 1 saturated heterocycles. The van der Waals surface area contributed by atoms with Gasteiger partial charge in [-0.25, -0.2) is 0 Å². The summed E-state index contributed by atoms with van der Waals surface area (Å²) in [7, 11) is 1.57. The number of benzene rings is 2. The maximum absolute atomic E-state index is 13.8. The smallest absolute Gasteiger partial charge is 0.267 e. The third-order valence-corrected chi connectivity index (χ3v) is 8.56. The van der Waals surface area contributed by atoms with Crippen LogP contribution in [0, 0.1) is 0 Å². The normalized spacial score (nSPS) is 20.9. The van der Waals surface area contributed by atoms with Crippen molar-refractivity contribution >= 4 is 40.5 Å². The highest BCUT2D eigenvalue weighted by molar-refractivity contribution is 8.18. The summed E-state index contributed by atoms with van der Waals surface area (Å²) in [5.74, 6) is 0.679. The summed E-state index contributed by atoms with van der Waals surface area (Å²) in [5, 5.41) is 3.68. The predicted molar refractivity (Wildman–Crippen MR) is 157 cm³/mol. The number of ether oxygens (including phenoxy) is 2. The molecule has 8 heteroatoms. The number of anilines is 1. The Morgan fingerprint density at radius 2 is 1.72 bits per heavy atom. The fraction of sp³-hybridized carbons (Fsp3) is 0.452. The van der Waals surface area contributed by atoms with Crippen molar-refractivity contribution in [2.24, 2.45) is 4.99 Å². The van der Waals surface area contributed by atoms with Gasteiger partial charge in [-0.3, -0.25) is 19.5 Å². The van der Waals surface area contributed by atoms with Crippen molar-refractivity contribution in [1.29, 1.82) is 0 Å². The van der Waals surface area contributed by atoms with Crippen molar-refractivity contribution in [3.63, 3.8) is 0 Å². The Morgan fingerprint density at radius 3 is 2.44 bits per heavy atom. The number of rotatable bonds is 8. The number of carbonyl (C=O) groups excluding carboxylic acids is 2. The predicted octanol–water partition coefficient (Wildman–Crippen LogP) is 6.65. The van der Waals surface area contributed by atoms with Crippen LogP contribution >= 0.6 is 11.8 Å². The van der Waals surface area contributed by atoms with E-state index in [1.807, 2.05) is 53.4 Å². The molecule has 0 radical (unpaired) electrons. The van der Waals surface area contributed by atoms with E-state index < -0.39 is 0 Å². The minimum atomic E-state index is -0.276. The lowest BCUT2D eigenvalue weighted by Crippen LogP contribution is -2.41. The van der Waals surface area contributed by atoms with Crippen LogP contribution in [0.2, 0.25) is 0 Å². The summed E-state index contributed by atoms with van der Waals surface area (Å²) in [5.41, 5.74) is 1.40. The number of aliphatic imine (C=N–C) groups is 1. The molecule has 2 aliphatic carbocycles. The Morgan fingerprint density at radius 1 is 1.00 bits per heavy atom. The van der Waals surface area contributed by atoms with E-state index in [-0.39, 0.29) is 24.5 Å². The second-order valence-corrected chi connectivity index (χ2v) is 11.4. The number of carbonyl (C=O) groups is 2. The summed E-state index contributed by atoms with van der Waals surface area (Å²) in [6.07, 6.45) is 13.3. The number of nitrogens with one attached hydrogen (secondary N) is 1. The van der Waals surface area contributed by atoms with Gasteiger partial charge in [-0.1, -0.05) is 68.9 Å². The van der Waals surface area contributed by atoms with Crippen molar-refractivity contribution in [2.45, 2.75) is 76.3 Å². The van der Waals surface area contributed by atoms with Crippen LogP contribution in [0.5, 0.6) is 11.5 Å². The van der Waals surface area contributed by atoms with Gasteiger partial charge in [0.25, 0.3) is 11.8 Å². The third-order valence-electron chi connectivity index (χ3n) is 7.57. The lowest BCUT2D eigenvalue weighted by molar-refractivity contribution is -0.124. The highest BCUT2D eigenvalue weighted by Gasteiger charge is 2.39. The van der Waals surface area contributed by atoms with Crippen LogP contribution < -0.4 is 14.8 Å². The molecule has 0 unspecified atom stereocenters. The van der Waals surface area contributed by atoms with E-state index >= 15 is 0 Å². The molecule has 1 aliphatic heterocycles. The third kappa shape index (κ3) is 6.85. The number of nitrogens with zero attached hydrogens (tertiary/aromatic N) is 2. The van der Waals surface area contributed by atoms with Gasteiger partial charge in [-0.05, 0) is 61.7 Å². The van der Waals surface area contributed by atoms with Crippen molar-refractivity contribution in [3.8, 4) is 11.5 Å². The summed E-state index contributed by atoms with van der Waals surface area (Å²) in [4.78, 5) is 34.1. The lowest BCUT2D eigenvalue weighted by Gasteiger charge is -2.31. The monoisotopic (exact) mass is 547 g/mol. The minimum Gasteiger partial charge on any atom is -0.493 e. The lowest BCUT2D eigenvalue weighted by atomic mass is 9.94. The Labute approximate surface area is 235 Å². The number of hydrogen-bond acceptors (Lipinski definition) is 6. The number of thioether (sulfide) groups is 1. The Bertz CT molecular complexity index is 1220. The first-order valence-electron chi connectivity index (χ1n) is 14.1. The highest BCUT2D eigenvalue weighted by atomic mass is 32.2. The SMILES string of the molecule is COc1cccc(C=C2SC(=NC3CCCCC3)N(C3CCCCC3)C2=O)c1OCC(=O)Nc1ccccc1. The van der Waals surface area contributed by atoms with Crippen LogP contribution in [0.1, 0.15) is 69.8 Å². The molecule has 39 heavy (non-hydrogen) atoms. The van der Waals surface area contributed by atoms with E-state index in [4.69, 9.17) is 14.5 Å². The molecule has 0 bridgehead atoms. The molecule has 2 saturated carbocycles. The minimum absolute atomic E-state index is 0.0112. The number of para-hydroxylation sites is 2. The highest BCUT2D eigenvalue weighted by Crippen LogP contribution is 2.40. The fourth-order valence-electron chi connectivity index (χ4n) is 5.56. The van der Waals surface area contributed by atoms with E-state index in [0.717, 1.165) is 43.7 Å². The molecule has 3 aliphatic rings. The average molecular weight is 548 g/mol. The Hall–Kier alpha value is -3.26. The molecule has 7 nitrogen and oxygen atoms in total. The van der Waals surface area contributed by atoms with Crippen molar-refractivity contribution in [1.82, 2.24) is 4.90 Å². The topological polar surface area (TPSA) is 80.2 Å². The zero-order valence-electron chi connectivity index (χ0n) is 22.6. The molecule has 0 atom stereocenters. The largest absolute Gasteiger partial charge is 0.493 e. The van der Waals surface area contributed by atoms with Crippen LogP contribution in [0.25, 0.3) is 6.08 Å². The maximum atomic E-state index is 13.8. The molecule has 2 aromatic rings. The van der Waals surface area contributed by atoms with Crippen LogP contribution in [0.15, 0.2) is 58.4 Å². The summed E-state index contributed by atoms with van der Waals surface area (Å²) >= 11 is 1.47. The van der Waals surface area contributed by atoms with Gasteiger partial charge in [-0.2, -0.15) is 0 Å². The van der Waals surface area contributed by atoms with E-state index in [1.54, 1.807) is 13.2 Å². The molecule has 0 aromatic heterocycles. The van der Waals surface area contributed by atoms with Gasteiger partial charge in [0, 0.05) is 17.3 Å². The second-order valence-electron chi connectivity index (χ2n) is 10.4. The summed E-state index contributed by atoms with van der Waals surface area (Å²) in [6.45, 7) is -0.185. The maximum Gasteiger partial charge on any atom is 0.267 e. The molecular formula is C31H37N3O4S. The fourth-order valence-corrected chi connectivity index (χ4v) is 6.66. The molecule has 5 rings (SSSR count). The van der Waals surface area contributed by atoms with Gasteiger partial charge in [-0.15, -0.1) is 0 Å². The van der Waals surface area contributed by atoms with Crippen LogP contribution in [-0.2, 0) is 9.59 Å². The van der Waals surface area contributed by atoms with E-state index in [0.29, 0.717) is 33.7 Å². The van der Waals surface area contributed by atoms with Gasteiger partial charge < -0.3 is 14.8 Å². The molecule has 3 fully saturated rings. The quantitative estimate of drug-likeness (QED) is 0.374. The van der Waals surface area contributed by atoms with E-state index in [2.05, 4.69) is 5.32 Å². The van der Waals surface area contributed by atoms with Crippen molar-refractivity contribution < 1.29 is 19.1 Å². The number of amides is 2. The van der Waals surface area contributed by atoms with E-state index in [1.165, 1.54) is 37.4 Å². The molecule has 1 N–H and O–H groups in total. The molecular weight excluding hydrogens is 510 g/mol. The van der Waals surface area contributed by atoms with Crippen LogP contribution in [0.3, 0.4) is 0 Å². The Kier molecular flexibility index (Phi) is 9.24. The van der Waals surface area contributed by atoms with Gasteiger partial charge in [0.05, 0.1) is 18.1 Å². The molecule has 0 spiro atoms. The van der Waals surface area contributed by atoms with E-state index in [9.17, 15) is 9.59 Å². The standard InChI is InChI=1S/C31H37N3O4S/c1-37-26-19-11-12-22(29(26)38-21-28(35)32-23-13-5-2-6-14-23)20-27-30(36)34(25-17-9-4-10-18-25)31(39-27)33-24-15-7-3-8-16-24/h2,5-6,11-14,19-20,24-25H,3-4,7-10,15-18,21H2,1H3,(H,32,35). The Balaban J connectivity index is 1.39. The average Bonchev–Trinajstić information content (AvgIpc) is 3.27. The summed E-state index contributed by atoms with van der Waals surface area (Å²) < 4.78 is 11.5. The molecule has 2 aromatic carbocycles. The van der Waals surface area contributed by atoms with Gasteiger partial charge in [0.1, 0.15) is 0 Å². The van der Waals surface area contributed by atoms with Gasteiger partial charge in [0.15, 0.2) is 23.3 Å². The molecule has 206 valence electrons. The van der Waals surface area contributed by atoms with Gasteiger partial charge >= 0.3 is 0 Å². The van der Waals surface area contributed by atoms with Crippen molar-refractivity contribution in [2.75, 3.05) is 19.0 Å². The van der Waals surface area contributed by atoms with Crippen LogP contribution in [-0.4, -0.2) is 47.7 Å².